The maximum absolute atomic E-state index is 11.4. The van der Waals surface area contributed by atoms with Gasteiger partial charge in [-0.15, -0.1) is 6.42 Å². The highest BCUT2D eigenvalue weighted by Gasteiger charge is 2.23. The molecule has 1 aliphatic heterocycles. The van der Waals surface area contributed by atoms with Crippen molar-refractivity contribution in [2.45, 2.75) is 19.4 Å². The van der Waals surface area contributed by atoms with Crippen LogP contribution in [0.15, 0.2) is 0 Å². The molecule has 2 unspecified atom stereocenters. The molecule has 15 heavy (non-hydrogen) atoms. The number of nitrogens with one attached hydrogen (secondary N) is 1. The van der Waals surface area contributed by atoms with Crippen molar-refractivity contribution >= 4 is 5.91 Å². The third kappa shape index (κ3) is 3.90. The van der Waals surface area contributed by atoms with Gasteiger partial charge in [-0.25, -0.2) is 0 Å². The molecule has 1 heterocycles. The van der Waals surface area contributed by atoms with Crippen molar-refractivity contribution in [3.8, 4) is 12.3 Å². The van der Waals surface area contributed by atoms with Crippen molar-refractivity contribution < 1.29 is 4.79 Å². The van der Waals surface area contributed by atoms with E-state index in [0.717, 1.165) is 19.5 Å². The largest absolute Gasteiger partial charge is 0.344 e. The average molecular weight is 209 g/mol. The number of terminal acetylenes is 1. The van der Waals surface area contributed by atoms with Crippen LogP contribution in [-0.2, 0) is 4.79 Å². The standard InChI is InChI=1S/C11H19N3O/c1-3-5-13-11(15)8-14-6-4-10(12)9(2)7-14/h1,9-10H,4-8,12H2,2H3,(H,13,15). The molecule has 1 rings (SSSR count). The van der Waals surface area contributed by atoms with Crippen molar-refractivity contribution in [1.29, 1.82) is 0 Å². The van der Waals surface area contributed by atoms with Crippen molar-refractivity contribution in [2.75, 3.05) is 26.2 Å². The summed E-state index contributed by atoms with van der Waals surface area (Å²) in [5, 5.41) is 2.66. The number of nitrogens with zero attached hydrogens (tertiary/aromatic N) is 1. The maximum Gasteiger partial charge on any atom is 0.234 e. The lowest BCUT2D eigenvalue weighted by Crippen LogP contribution is -2.48. The number of carbonyl (C=O) groups is 1. The van der Waals surface area contributed by atoms with Crippen LogP contribution in [0.5, 0.6) is 0 Å². The van der Waals surface area contributed by atoms with Crippen LogP contribution in [0, 0.1) is 18.3 Å². The van der Waals surface area contributed by atoms with Gasteiger partial charge < -0.3 is 11.1 Å². The van der Waals surface area contributed by atoms with Gasteiger partial charge in [0.25, 0.3) is 0 Å². The molecule has 0 aromatic carbocycles. The average Bonchev–Trinajstić information content (AvgIpc) is 2.20. The van der Waals surface area contributed by atoms with Crippen LogP contribution in [-0.4, -0.2) is 43.0 Å². The van der Waals surface area contributed by atoms with E-state index in [0.29, 0.717) is 19.0 Å². The highest BCUT2D eigenvalue weighted by atomic mass is 16.2. The minimum Gasteiger partial charge on any atom is -0.344 e. The van der Waals surface area contributed by atoms with Crippen LogP contribution < -0.4 is 11.1 Å². The second-order valence-corrected chi connectivity index (χ2v) is 4.15. The molecule has 2 atom stereocenters. The normalized spacial score (nSPS) is 27.0. The van der Waals surface area contributed by atoms with E-state index in [1.54, 1.807) is 0 Å². The zero-order valence-electron chi connectivity index (χ0n) is 9.20. The molecule has 1 amide bonds. The van der Waals surface area contributed by atoms with Crippen molar-refractivity contribution in [2.24, 2.45) is 11.7 Å². The summed E-state index contributed by atoms with van der Waals surface area (Å²) in [7, 11) is 0. The minimum atomic E-state index is -0.00405. The molecule has 84 valence electrons. The molecule has 1 aliphatic rings. The Morgan fingerprint density at radius 1 is 1.73 bits per heavy atom. The predicted molar refractivity (Wildman–Crippen MR) is 60.0 cm³/mol. The van der Waals surface area contributed by atoms with Crippen LogP contribution in [0.1, 0.15) is 13.3 Å². The second kappa shape index (κ2) is 5.74. The second-order valence-electron chi connectivity index (χ2n) is 4.15. The molecule has 4 heteroatoms. The van der Waals surface area contributed by atoms with Gasteiger partial charge in [0.05, 0.1) is 13.1 Å². The van der Waals surface area contributed by atoms with Crippen LogP contribution in [0.4, 0.5) is 0 Å². The monoisotopic (exact) mass is 209 g/mol. The van der Waals surface area contributed by atoms with Gasteiger partial charge in [0.15, 0.2) is 0 Å². The Morgan fingerprint density at radius 3 is 3.07 bits per heavy atom. The zero-order valence-corrected chi connectivity index (χ0v) is 9.20. The molecular weight excluding hydrogens is 190 g/mol. The highest BCUT2D eigenvalue weighted by Crippen LogP contribution is 2.13. The Labute approximate surface area is 91.2 Å². The lowest BCUT2D eigenvalue weighted by Gasteiger charge is -2.34. The van der Waals surface area contributed by atoms with Gasteiger partial charge in [0.2, 0.25) is 5.91 Å². The van der Waals surface area contributed by atoms with E-state index >= 15 is 0 Å². The molecule has 0 aliphatic carbocycles. The van der Waals surface area contributed by atoms with Crippen molar-refractivity contribution in [3.63, 3.8) is 0 Å². The number of amides is 1. The minimum absolute atomic E-state index is 0.00405. The highest BCUT2D eigenvalue weighted by molar-refractivity contribution is 5.78. The quantitative estimate of drug-likeness (QED) is 0.611. The maximum atomic E-state index is 11.4. The van der Waals surface area contributed by atoms with Crippen molar-refractivity contribution in [1.82, 2.24) is 10.2 Å². The fraction of sp³-hybridized carbons (Fsp3) is 0.727. The Kier molecular flexibility index (Phi) is 4.60. The summed E-state index contributed by atoms with van der Waals surface area (Å²) in [6, 6.07) is 0.273. The first-order valence-electron chi connectivity index (χ1n) is 5.31. The molecule has 3 N–H and O–H groups in total. The summed E-state index contributed by atoms with van der Waals surface area (Å²) in [4.78, 5) is 13.5. The summed E-state index contributed by atoms with van der Waals surface area (Å²) in [5.41, 5.74) is 5.90. The Balaban J connectivity index is 2.28. The number of hydrogen-bond donors (Lipinski definition) is 2. The van der Waals surface area contributed by atoms with Crippen LogP contribution in [0.2, 0.25) is 0 Å². The summed E-state index contributed by atoms with van der Waals surface area (Å²) < 4.78 is 0. The molecule has 0 bridgehead atoms. The predicted octanol–water partition coefficient (Wildman–Crippen LogP) is -0.595. The Morgan fingerprint density at radius 2 is 2.47 bits per heavy atom. The summed E-state index contributed by atoms with van der Waals surface area (Å²) in [5.74, 6) is 2.83. The van der Waals surface area contributed by atoms with E-state index in [4.69, 9.17) is 12.2 Å². The molecule has 0 saturated carbocycles. The van der Waals surface area contributed by atoms with E-state index < -0.39 is 0 Å². The lowest BCUT2D eigenvalue weighted by molar-refractivity contribution is -0.122. The SMILES string of the molecule is C#CCNC(=O)CN1CCC(N)C(C)C1. The summed E-state index contributed by atoms with van der Waals surface area (Å²) in [6.07, 6.45) is 6.02. The number of rotatable bonds is 3. The van der Waals surface area contributed by atoms with Crippen LogP contribution in [0.25, 0.3) is 0 Å². The number of nitrogens with two attached hydrogens (primary N) is 1. The van der Waals surface area contributed by atoms with Gasteiger partial charge >= 0.3 is 0 Å². The van der Waals surface area contributed by atoms with E-state index in [2.05, 4.69) is 23.1 Å². The number of carbonyl (C=O) groups excluding carboxylic acids is 1. The van der Waals surface area contributed by atoms with E-state index in [1.165, 1.54) is 0 Å². The van der Waals surface area contributed by atoms with Crippen molar-refractivity contribution in [3.05, 3.63) is 0 Å². The Hall–Kier alpha value is -1.05. The first-order chi connectivity index (χ1) is 7.13. The fourth-order valence-electron chi connectivity index (χ4n) is 1.80. The van der Waals surface area contributed by atoms with E-state index in [1.807, 2.05) is 0 Å². The molecule has 1 saturated heterocycles. The third-order valence-corrected chi connectivity index (χ3v) is 2.81. The molecule has 0 aromatic rings. The van der Waals surface area contributed by atoms with Gasteiger partial charge in [-0.3, -0.25) is 9.69 Å². The molecule has 1 fully saturated rings. The van der Waals surface area contributed by atoms with Gasteiger partial charge in [-0.2, -0.15) is 0 Å². The molecule has 0 aromatic heterocycles. The number of piperidine rings is 1. The van der Waals surface area contributed by atoms with Gasteiger partial charge in [0, 0.05) is 19.1 Å². The zero-order chi connectivity index (χ0) is 11.3. The molecular formula is C11H19N3O. The summed E-state index contributed by atoms with van der Waals surface area (Å²) >= 11 is 0. The van der Waals surface area contributed by atoms with Gasteiger partial charge in [-0.05, 0) is 12.3 Å². The summed E-state index contributed by atoms with van der Waals surface area (Å²) in [6.45, 7) is 4.65. The molecule has 0 spiro atoms. The van der Waals surface area contributed by atoms with Crippen LogP contribution in [0.3, 0.4) is 0 Å². The first-order valence-corrected chi connectivity index (χ1v) is 5.31. The van der Waals surface area contributed by atoms with Gasteiger partial charge in [-0.1, -0.05) is 12.8 Å². The van der Waals surface area contributed by atoms with Crippen LogP contribution >= 0.6 is 0 Å². The third-order valence-electron chi connectivity index (χ3n) is 2.81. The number of likely N-dealkylation sites (tertiary alicyclic amines) is 1. The van der Waals surface area contributed by atoms with Gasteiger partial charge in [0.1, 0.15) is 0 Å². The topological polar surface area (TPSA) is 58.4 Å². The fourth-order valence-corrected chi connectivity index (χ4v) is 1.80. The van der Waals surface area contributed by atoms with E-state index in [-0.39, 0.29) is 11.9 Å². The Bertz CT molecular complexity index is 259. The molecule has 4 nitrogen and oxygen atoms in total. The smallest absolute Gasteiger partial charge is 0.234 e. The molecule has 0 radical (unpaired) electrons. The lowest BCUT2D eigenvalue weighted by atomic mass is 9.95. The van der Waals surface area contributed by atoms with E-state index in [9.17, 15) is 4.79 Å². The first kappa shape index (κ1) is 12.0. The number of hydrogen-bond acceptors (Lipinski definition) is 3.